The van der Waals surface area contributed by atoms with Crippen LogP contribution in [-0.2, 0) is 15.6 Å². The number of halogens is 1. The summed E-state index contributed by atoms with van der Waals surface area (Å²) in [5.41, 5.74) is 6.95. The van der Waals surface area contributed by atoms with E-state index in [1.165, 1.54) is 0 Å². The van der Waals surface area contributed by atoms with Crippen molar-refractivity contribution in [3.05, 3.63) is 29.8 Å². The van der Waals surface area contributed by atoms with Gasteiger partial charge in [0.15, 0.2) is 0 Å². The second-order valence-electron chi connectivity index (χ2n) is 5.92. The first-order valence-corrected chi connectivity index (χ1v) is 8.91. The maximum absolute atomic E-state index is 12.5. The largest absolute Gasteiger partial charge is 0.339 e. The molecule has 1 saturated carbocycles. The lowest BCUT2D eigenvalue weighted by Gasteiger charge is -2.28. The number of hydrogen-bond acceptors (Lipinski definition) is 3. The van der Waals surface area contributed by atoms with E-state index < -0.39 is 10.8 Å². The van der Waals surface area contributed by atoms with E-state index in [1.807, 2.05) is 38.2 Å². The predicted octanol–water partition coefficient (Wildman–Crippen LogP) is 2.49. The van der Waals surface area contributed by atoms with E-state index in [4.69, 9.17) is 5.73 Å². The number of nitrogens with zero attached hydrogens (tertiary/aromatic N) is 1. The summed E-state index contributed by atoms with van der Waals surface area (Å²) in [5, 5.41) is 0. The molecule has 1 aromatic carbocycles. The summed E-state index contributed by atoms with van der Waals surface area (Å²) >= 11 is 0. The fourth-order valence-corrected chi connectivity index (χ4v) is 3.40. The zero-order valence-corrected chi connectivity index (χ0v) is 15.0. The fraction of sp³-hybridized carbons (Fsp3) is 0.562. The van der Waals surface area contributed by atoms with Gasteiger partial charge in [0.1, 0.15) is 0 Å². The maximum Gasteiger partial charge on any atom is 0.225 e. The first kappa shape index (κ1) is 19.1. The second kappa shape index (κ2) is 8.09. The maximum atomic E-state index is 12.5. The predicted molar refractivity (Wildman–Crippen MR) is 92.5 cm³/mol. The van der Waals surface area contributed by atoms with Crippen LogP contribution >= 0.6 is 12.4 Å². The van der Waals surface area contributed by atoms with Gasteiger partial charge in [-0.05, 0) is 43.9 Å². The van der Waals surface area contributed by atoms with Crippen molar-refractivity contribution in [2.24, 2.45) is 11.7 Å². The average molecular weight is 345 g/mol. The van der Waals surface area contributed by atoms with Crippen molar-refractivity contribution in [1.82, 2.24) is 4.90 Å². The van der Waals surface area contributed by atoms with Crippen molar-refractivity contribution in [3.63, 3.8) is 0 Å². The second-order valence-corrected chi connectivity index (χ2v) is 7.30. The Balaban J connectivity index is 0.00000242. The highest BCUT2D eigenvalue weighted by Gasteiger charge is 2.31. The third-order valence-corrected chi connectivity index (χ3v) is 5.38. The molecule has 124 valence electrons. The monoisotopic (exact) mass is 344 g/mol. The lowest BCUT2D eigenvalue weighted by Crippen LogP contribution is -2.34. The summed E-state index contributed by atoms with van der Waals surface area (Å²) < 4.78 is 11.4. The third-order valence-electron chi connectivity index (χ3n) is 4.45. The van der Waals surface area contributed by atoms with Crippen LogP contribution < -0.4 is 5.73 Å². The van der Waals surface area contributed by atoms with Gasteiger partial charge in [-0.1, -0.05) is 12.1 Å². The topological polar surface area (TPSA) is 63.4 Å². The minimum atomic E-state index is -0.970. The molecule has 0 aliphatic heterocycles. The Morgan fingerprint density at radius 2 is 1.91 bits per heavy atom. The Morgan fingerprint density at radius 1 is 1.32 bits per heavy atom. The number of rotatable bonds is 4. The van der Waals surface area contributed by atoms with E-state index >= 15 is 0 Å². The minimum absolute atomic E-state index is 0. The molecule has 4 atom stereocenters. The highest BCUT2D eigenvalue weighted by atomic mass is 35.5. The molecule has 0 radical (unpaired) electrons. The van der Waals surface area contributed by atoms with Gasteiger partial charge in [0.2, 0.25) is 5.91 Å². The molecule has 4 unspecified atom stereocenters. The molecule has 0 spiro atoms. The molecule has 1 aromatic rings. The summed E-state index contributed by atoms with van der Waals surface area (Å²) in [6.45, 7) is 2.02. The van der Waals surface area contributed by atoms with Gasteiger partial charge >= 0.3 is 0 Å². The number of hydrogen-bond donors (Lipinski definition) is 1. The van der Waals surface area contributed by atoms with Gasteiger partial charge in [0, 0.05) is 41.0 Å². The van der Waals surface area contributed by atoms with Gasteiger partial charge in [-0.15, -0.1) is 12.4 Å². The zero-order valence-electron chi connectivity index (χ0n) is 13.3. The van der Waals surface area contributed by atoms with Crippen LogP contribution in [-0.4, -0.2) is 34.4 Å². The summed E-state index contributed by atoms with van der Waals surface area (Å²) in [6.07, 6.45) is 4.29. The molecule has 6 heteroatoms. The standard InChI is InChI=1S/C16H24N2O2S.ClH/c1-11(12-5-8-15(9-6-12)21(3)20)18(2)16(19)13-4-7-14(17)10-13;/h5-6,8-9,11,13-14H,4,7,10,17H2,1-3H3;1H. The van der Waals surface area contributed by atoms with E-state index in [1.54, 1.807) is 11.2 Å². The molecular formula is C16H25ClN2O2S. The minimum Gasteiger partial charge on any atom is -0.339 e. The van der Waals surface area contributed by atoms with Gasteiger partial charge in [-0.3, -0.25) is 9.00 Å². The van der Waals surface area contributed by atoms with Crippen LogP contribution in [0, 0.1) is 5.92 Å². The van der Waals surface area contributed by atoms with Crippen LogP contribution in [0.4, 0.5) is 0 Å². The Bertz CT molecular complexity index is 535. The van der Waals surface area contributed by atoms with E-state index in [9.17, 15) is 9.00 Å². The Morgan fingerprint density at radius 3 is 2.36 bits per heavy atom. The number of nitrogens with two attached hydrogens (primary N) is 1. The van der Waals surface area contributed by atoms with E-state index in [0.717, 1.165) is 29.7 Å². The molecule has 1 aliphatic rings. The summed E-state index contributed by atoms with van der Waals surface area (Å²) in [5.74, 6) is 0.244. The van der Waals surface area contributed by atoms with Crippen LogP contribution in [0.15, 0.2) is 29.2 Å². The van der Waals surface area contributed by atoms with Crippen molar-refractivity contribution in [2.45, 2.75) is 43.2 Å². The van der Waals surface area contributed by atoms with Crippen molar-refractivity contribution < 1.29 is 9.00 Å². The fourth-order valence-electron chi connectivity index (χ4n) is 2.88. The molecule has 2 N–H and O–H groups in total. The van der Waals surface area contributed by atoms with Crippen LogP contribution in [0.5, 0.6) is 0 Å². The van der Waals surface area contributed by atoms with E-state index in [-0.39, 0.29) is 36.3 Å². The molecule has 1 aliphatic carbocycles. The van der Waals surface area contributed by atoms with Crippen molar-refractivity contribution in [1.29, 1.82) is 0 Å². The van der Waals surface area contributed by atoms with Gasteiger partial charge < -0.3 is 10.6 Å². The third kappa shape index (κ3) is 4.31. The van der Waals surface area contributed by atoms with Crippen LogP contribution in [0.2, 0.25) is 0 Å². The molecule has 1 fully saturated rings. The molecule has 1 amide bonds. The molecule has 0 aromatic heterocycles. The zero-order chi connectivity index (χ0) is 15.6. The average Bonchev–Trinajstić information content (AvgIpc) is 2.91. The number of carbonyl (C=O) groups is 1. The van der Waals surface area contributed by atoms with Gasteiger partial charge in [-0.2, -0.15) is 0 Å². The summed E-state index contributed by atoms with van der Waals surface area (Å²) in [7, 11) is 0.880. The van der Waals surface area contributed by atoms with Crippen molar-refractivity contribution in [3.8, 4) is 0 Å². The lowest BCUT2D eigenvalue weighted by molar-refractivity contribution is -0.136. The molecule has 0 heterocycles. The SMILES string of the molecule is CC(c1ccc(S(C)=O)cc1)N(C)C(=O)C1CCC(N)C1.Cl. The van der Waals surface area contributed by atoms with E-state index in [2.05, 4.69) is 0 Å². The van der Waals surface area contributed by atoms with Gasteiger partial charge in [-0.25, -0.2) is 0 Å². The molecular weight excluding hydrogens is 320 g/mol. The number of benzene rings is 1. The molecule has 22 heavy (non-hydrogen) atoms. The molecule has 4 nitrogen and oxygen atoms in total. The first-order valence-electron chi connectivity index (χ1n) is 7.35. The highest BCUT2D eigenvalue weighted by molar-refractivity contribution is 7.84. The van der Waals surface area contributed by atoms with Crippen LogP contribution in [0.3, 0.4) is 0 Å². The lowest BCUT2D eigenvalue weighted by atomic mass is 10.0. The van der Waals surface area contributed by atoms with Gasteiger partial charge in [0.05, 0.1) is 6.04 Å². The molecule has 2 rings (SSSR count). The quantitative estimate of drug-likeness (QED) is 0.912. The Kier molecular flexibility index (Phi) is 7.03. The first-order chi connectivity index (χ1) is 9.90. The van der Waals surface area contributed by atoms with Crippen LogP contribution in [0.25, 0.3) is 0 Å². The summed E-state index contributed by atoms with van der Waals surface area (Å²) in [4.78, 5) is 15.1. The molecule has 0 saturated heterocycles. The molecule has 0 bridgehead atoms. The summed E-state index contributed by atoms with van der Waals surface area (Å²) in [6, 6.07) is 7.81. The number of carbonyl (C=O) groups excluding carboxylic acids is 1. The van der Waals surface area contributed by atoms with Crippen molar-refractivity contribution in [2.75, 3.05) is 13.3 Å². The smallest absolute Gasteiger partial charge is 0.225 e. The van der Waals surface area contributed by atoms with Crippen molar-refractivity contribution >= 4 is 29.1 Å². The van der Waals surface area contributed by atoms with E-state index in [0.29, 0.717) is 0 Å². The van der Waals surface area contributed by atoms with Crippen LogP contribution in [0.1, 0.15) is 37.8 Å². The van der Waals surface area contributed by atoms with Gasteiger partial charge in [0.25, 0.3) is 0 Å². The Labute approximate surface area is 141 Å². The number of amides is 1. The Hall–Kier alpha value is -0.910. The normalized spacial score (nSPS) is 23.5. The highest BCUT2D eigenvalue weighted by Crippen LogP contribution is 2.29.